The second kappa shape index (κ2) is 13.4. The highest BCUT2D eigenvalue weighted by molar-refractivity contribution is 6.04. The standard InChI is InChI=1S/C30H36N6O.C2H5NO/c1-20-18-36(19-21(2)32-20)22(3)23-6-8-24(9-7-23)30(37)33-29-17-27(12-14-31-29)35(5)26-10-11-28-25(16-26)13-15-34(28)4;1-3-2-4/h6-17,20-22,32H,18-19H2,1-5H3,(H,31,33,37);2H,1H3,(H,3,4). The van der Waals surface area contributed by atoms with Crippen molar-refractivity contribution >= 4 is 40.4 Å². The Balaban J connectivity index is 0.000000909. The van der Waals surface area contributed by atoms with E-state index in [1.807, 2.05) is 38.4 Å². The number of aryl methyl sites for hydroxylation is 1. The van der Waals surface area contributed by atoms with Crippen LogP contribution in [0.1, 0.15) is 42.7 Å². The molecule has 0 aliphatic carbocycles. The van der Waals surface area contributed by atoms with Crippen molar-refractivity contribution in [3.8, 4) is 0 Å². The second-order valence-electron chi connectivity index (χ2n) is 10.7. The Bertz CT molecular complexity index is 1460. The van der Waals surface area contributed by atoms with E-state index >= 15 is 0 Å². The van der Waals surface area contributed by atoms with Crippen LogP contribution < -0.4 is 20.9 Å². The van der Waals surface area contributed by atoms with E-state index in [2.05, 4.69) is 98.7 Å². The number of anilines is 3. The van der Waals surface area contributed by atoms with Gasteiger partial charge >= 0.3 is 0 Å². The van der Waals surface area contributed by atoms with Gasteiger partial charge in [-0.05, 0) is 68.8 Å². The number of pyridine rings is 1. The van der Waals surface area contributed by atoms with Crippen molar-refractivity contribution in [1.29, 1.82) is 0 Å². The quantitative estimate of drug-likeness (QED) is 0.286. The smallest absolute Gasteiger partial charge is 0.256 e. The summed E-state index contributed by atoms with van der Waals surface area (Å²) in [5, 5.41) is 9.99. The molecule has 0 saturated carbocycles. The van der Waals surface area contributed by atoms with E-state index in [0.29, 0.717) is 35.9 Å². The molecule has 0 bridgehead atoms. The fourth-order valence-electron chi connectivity index (χ4n) is 5.32. The van der Waals surface area contributed by atoms with Crippen LogP contribution in [0.15, 0.2) is 73.1 Å². The monoisotopic (exact) mass is 555 g/mol. The number of benzene rings is 2. The van der Waals surface area contributed by atoms with Crippen LogP contribution in [-0.4, -0.2) is 66.0 Å². The van der Waals surface area contributed by atoms with Crippen LogP contribution in [0.5, 0.6) is 0 Å². The van der Waals surface area contributed by atoms with Gasteiger partial charge in [0.1, 0.15) is 5.82 Å². The maximum atomic E-state index is 13.0. The molecule has 4 aromatic rings. The molecule has 2 aromatic heterocycles. The Morgan fingerprint density at radius 2 is 1.71 bits per heavy atom. The summed E-state index contributed by atoms with van der Waals surface area (Å²) >= 11 is 0. The highest BCUT2D eigenvalue weighted by atomic mass is 16.1. The van der Waals surface area contributed by atoms with Gasteiger partial charge in [-0.15, -0.1) is 0 Å². The minimum absolute atomic E-state index is 0.165. The first-order chi connectivity index (χ1) is 19.7. The van der Waals surface area contributed by atoms with Crippen molar-refractivity contribution in [2.45, 2.75) is 38.9 Å². The molecule has 5 rings (SSSR count). The topological polar surface area (TPSA) is 94.5 Å². The van der Waals surface area contributed by atoms with Gasteiger partial charge in [0.2, 0.25) is 6.41 Å². The fraction of sp³-hybridized carbons (Fsp3) is 0.344. The molecule has 41 heavy (non-hydrogen) atoms. The second-order valence-corrected chi connectivity index (χ2v) is 10.7. The third-order valence-electron chi connectivity index (χ3n) is 7.54. The van der Waals surface area contributed by atoms with Crippen molar-refractivity contribution in [1.82, 2.24) is 25.1 Å². The molecule has 3 heterocycles. The number of fused-ring (bicyclic) bond motifs is 1. The lowest BCUT2D eigenvalue weighted by Crippen LogP contribution is -2.54. The summed E-state index contributed by atoms with van der Waals surface area (Å²) in [5.41, 5.74) is 5.05. The Morgan fingerprint density at radius 3 is 2.37 bits per heavy atom. The van der Waals surface area contributed by atoms with Gasteiger partial charge in [0.05, 0.1) is 0 Å². The van der Waals surface area contributed by atoms with Crippen molar-refractivity contribution in [3.05, 3.63) is 84.2 Å². The SMILES string of the molecule is CC1CN(C(C)c2ccc(C(=O)Nc3cc(N(C)c4ccc5c(ccn5C)c4)ccn3)cc2)CC(C)N1.CNC=O. The predicted octanol–water partition coefficient (Wildman–Crippen LogP) is 4.70. The number of carbonyl (C=O) groups excluding carboxylic acids is 2. The largest absolute Gasteiger partial charge is 0.362 e. The van der Waals surface area contributed by atoms with Crippen LogP contribution in [0.25, 0.3) is 10.9 Å². The van der Waals surface area contributed by atoms with E-state index in [0.717, 1.165) is 24.5 Å². The average molecular weight is 556 g/mol. The molecule has 3 unspecified atom stereocenters. The summed E-state index contributed by atoms with van der Waals surface area (Å²) in [6.07, 6.45) is 4.41. The van der Waals surface area contributed by atoms with Crippen LogP contribution in [0.3, 0.4) is 0 Å². The van der Waals surface area contributed by atoms with Crippen LogP contribution in [0.4, 0.5) is 17.2 Å². The van der Waals surface area contributed by atoms with Crippen molar-refractivity contribution in [2.75, 3.05) is 37.4 Å². The molecule has 1 saturated heterocycles. The minimum Gasteiger partial charge on any atom is -0.362 e. The Kier molecular flexibility index (Phi) is 9.75. The van der Waals surface area contributed by atoms with Crippen LogP contribution >= 0.6 is 0 Å². The van der Waals surface area contributed by atoms with Crippen molar-refractivity contribution in [2.24, 2.45) is 7.05 Å². The average Bonchev–Trinajstić information content (AvgIpc) is 3.36. The fourth-order valence-corrected chi connectivity index (χ4v) is 5.32. The Labute approximate surface area is 242 Å². The number of aromatic nitrogens is 2. The Morgan fingerprint density at radius 1 is 1.05 bits per heavy atom. The zero-order valence-electron chi connectivity index (χ0n) is 24.8. The van der Waals surface area contributed by atoms with Gasteiger partial charge in [0, 0.05) is 98.7 Å². The molecule has 1 aliphatic rings. The summed E-state index contributed by atoms with van der Waals surface area (Å²) in [4.78, 5) is 31.0. The summed E-state index contributed by atoms with van der Waals surface area (Å²) in [7, 11) is 5.63. The van der Waals surface area contributed by atoms with Crippen molar-refractivity contribution < 1.29 is 9.59 Å². The summed E-state index contributed by atoms with van der Waals surface area (Å²) in [6.45, 7) is 8.73. The molecule has 2 aromatic carbocycles. The van der Waals surface area contributed by atoms with E-state index in [1.54, 1.807) is 13.2 Å². The number of rotatable bonds is 7. The molecule has 3 atom stereocenters. The molecule has 216 valence electrons. The van der Waals surface area contributed by atoms with Crippen LogP contribution in [0, 0.1) is 0 Å². The van der Waals surface area contributed by atoms with Gasteiger partial charge in [-0.2, -0.15) is 0 Å². The first-order valence-electron chi connectivity index (χ1n) is 14.0. The van der Waals surface area contributed by atoms with Gasteiger partial charge in [-0.25, -0.2) is 4.98 Å². The molecule has 1 aliphatic heterocycles. The third-order valence-corrected chi connectivity index (χ3v) is 7.54. The van der Waals surface area contributed by atoms with Gasteiger partial charge in [0.25, 0.3) is 5.91 Å². The molecular weight excluding hydrogens is 514 g/mol. The van der Waals surface area contributed by atoms with Crippen LogP contribution in [0.2, 0.25) is 0 Å². The minimum atomic E-state index is -0.165. The normalized spacial score (nSPS) is 17.7. The number of nitrogens with one attached hydrogen (secondary N) is 3. The number of hydrogen-bond donors (Lipinski definition) is 3. The molecule has 3 N–H and O–H groups in total. The van der Waals surface area contributed by atoms with E-state index in [9.17, 15) is 4.79 Å². The number of hydrogen-bond acceptors (Lipinski definition) is 6. The zero-order chi connectivity index (χ0) is 29.5. The highest BCUT2D eigenvalue weighted by Crippen LogP contribution is 2.29. The molecular formula is C32H41N7O2. The molecule has 2 amide bonds. The molecule has 9 heteroatoms. The molecule has 0 radical (unpaired) electrons. The summed E-state index contributed by atoms with van der Waals surface area (Å²) in [5.74, 6) is 0.359. The number of carbonyl (C=O) groups is 2. The lowest BCUT2D eigenvalue weighted by molar-refractivity contribution is -0.109. The lowest BCUT2D eigenvalue weighted by atomic mass is 10.0. The summed E-state index contributed by atoms with van der Waals surface area (Å²) in [6, 6.07) is 21.5. The van der Waals surface area contributed by atoms with E-state index in [-0.39, 0.29) is 5.91 Å². The first-order valence-corrected chi connectivity index (χ1v) is 14.0. The maximum Gasteiger partial charge on any atom is 0.256 e. The number of piperazine rings is 1. The highest BCUT2D eigenvalue weighted by Gasteiger charge is 2.25. The van der Waals surface area contributed by atoms with Gasteiger partial charge < -0.3 is 25.4 Å². The molecule has 9 nitrogen and oxygen atoms in total. The van der Waals surface area contributed by atoms with E-state index in [4.69, 9.17) is 4.79 Å². The van der Waals surface area contributed by atoms with Gasteiger partial charge in [0.15, 0.2) is 0 Å². The number of nitrogens with zero attached hydrogens (tertiary/aromatic N) is 4. The lowest BCUT2D eigenvalue weighted by Gasteiger charge is -2.39. The van der Waals surface area contributed by atoms with Crippen molar-refractivity contribution in [3.63, 3.8) is 0 Å². The predicted molar refractivity (Wildman–Crippen MR) is 167 cm³/mol. The molecule has 0 spiro atoms. The maximum absolute atomic E-state index is 13.0. The third kappa shape index (κ3) is 7.31. The summed E-state index contributed by atoms with van der Waals surface area (Å²) < 4.78 is 2.11. The first kappa shape index (κ1) is 29.8. The van der Waals surface area contributed by atoms with Gasteiger partial charge in [-0.1, -0.05) is 12.1 Å². The van der Waals surface area contributed by atoms with Gasteiger partial charge in [-0.3, -0.25) is 14.5 Å². The zero-order valence-corrected chi connectivity index (χ0v) is 24.8. The van der Waals surface area contributed by atoms with Crippen LogP contribution in [-0.2, 0) is 11.8 Å². The number of amides is 2. The molecule has 1 fully saturated rings. The Hall–Kier alpha value is -4.21. The van der Waals surface area contributed by atoms with E-state index < -0.39 is 0 Å². The van der Waals surface area contributed by atoms with E-state index in [1.165, 1.54) is 16.5 Å².